The van der Waals surface area contributed by atoms with Gasteiger partial charge in [0, 0.05) is 52.8 Å². The van der Waals surface area contributed by atoms with Crippen molar-refractivity contribution in [2.45, 2.75) is 6.92 Å². The van der Waals surface area contributed by atoms with E-state index >= 15 is 0 Å². The standard InChI is InChI=1S/C24H21FN6/c1-14-19-9-16(5-8-22(19)30-13-29-14)20-10-21(17(11-26)12-28-2)24(27)31-23(20)15-3-6-18(25)7-4-15/h3-13H,26H2,1-2H3,(H2,27,31). The molecule has 0 unspecified atom stereocenters. The van der Waals surface area contributed by atoms with Gasteiger partial charge in [0.15, 0.2) is 0 Å². The molecular formula is C24H21FN6. The summed E-state index contributed by atoms with van der Waals surface area (Å²) in [6.45, 7) is 1.94. The lowest BCUT2D eigenvalue weighted by molar-refractivity contribution is 0.628. The van der Waals surface area contributed by atoms with Crippen molar-refractivity contribution in [1.82, 2.24) is 15.0 Å². The lowest BCUT2D eigenvalue weighted by atomic mass is 9.94. The summed E-state index contributed by atoms with van der Waals surface area (Å²) in [4.78, 5) is 17.4. The van der Waals surface area contributed by atoms with Crippen molar-refractivity contribution in [3.63, 3.8) is 0 Å². The van der Waals surface area contributed by atoms with Crippen molar-refractivity contribution in [2.75, 3.05) is 12.8 Å². The van der Waals surface area contributed by atoms with E-state index < -0.39 is 0 Å². The number of nitrogen functional groups attached to an aromatic ring is 1. The smallest absolute Gasteiger partial charge is 0.132 e. The molecule has 0 aliphatic heterocycles. The second-order valence-electron chi connectivity index (χ2n) is 7.02. The number of aromatic nitrogens is 3. The number of pyridine rings is 1. The molecular weight excluding hydrogens is 391 g/mol. The van der Waals surface area contributed by atoms with Crippen LogP contribution in [0.2, 0.25) is 0 Å². The Morgan fingerprint density at radius 3 is 2.48 bits per heavy atom. The first-order valence-corrected chi connectivity index (χ1v) is 9.64. The van der Waals surface area contributed by atoms with Gasteiger partial charge in [0.1, 0.15) is 18.0 Å². The number of rotatable bonds is 4. The number of nitrogens with zero attached hydrogens (tertiary/aromatic N) is 4. The normalized spacial score (nSPS) is 12.0. The highest BCUT2D eigenvalue weighted by atomic mass is 19.1. The molecule has 0 saturated heterocycles. The average Bonchev–Trinajstić information content (AvgIpc) is 2.78. The van der Waals surface area contributed by atoms with Gasteiger partial charge >= 0.3 is 0 Å². The van der Waals surface area contributed by atoms with E-state index in [1.165, 1.54) is 18.3 Å². The van der Waals surface area contributed by atoms with Crippen LogP contribution in [-0.4, -0.2) is 28.2 Å². The minimum absolute atomic E-state index is 0.306. The predicted octanol–water partition coefficient (Wildman–Crippen LogP) is 4.39. The Balaban J connectivity index is 2.01. The molecule has 0 aliphatic rings. The van der Waals surface area contributed by atoms with Crippen molar-refractivity contribution in [2.24, 2.45) is 10.7 Å². The quantitative estimate of drug-likeness (QED) is 0.484. The molecule has 0 saturated carbocycles. The average molecular weight is 412 g/mol. The molecule has 7 heteroatoms. The minimum atomic E-state index is -0.319. The predicted molar refractivity (Wildman–Crippen MR) is 124 cm³/mol. The molecule has 0 bridgehead atoms. The lowest BCUT2D eigenvalue weighted by Gasteiger charge is -2.15. The Morgan fingerprint density at radius 1 is 1.03 bits per heavy atom. The van der Waals surface area contributed by atoms with E-state index in [2.05, 4.69) is 19.9 Å². The van der Waals surface area contributed by atoms with Gasteiger partial charge in [-0.3, -0.25) is 4.99 Å². The Bertz CT molecular complexity index is 1330. The third-order valence-corrected chi connectivity index (χ3v) is 5.07. The van der Waals surface area contributed by atoms with E-state index in [0.29, 0.717) is 22.6 Å². The van der Waals surface area contributed by atoms with Gasteiger partial charge < -0.3 is 11.5 Å². The Hall–Kier alpha value is -4.13. The molecule has 6 nitrogen and oxygen atoms in total. The summed E-state index contributed by atoms with van der Waals surface area (Å²) in [6, 6.07) is 14.0. The Labute approximate surface area is 179 Å². The van der Waals surface area contributed by atoms with Crippen LogP contribution in [0.3, 0.4) is 0 Å². The highest BCUT2D eigenvalue weighted by molar-refractivity contribution is 6.12. The number of anilines is 1. The first-order valence-electron chi connectivity index (χ1n) is 9.64. The monoisotopic (exact) mass is 412 g/mol. The van der Waals surface area contributed by atoms with E-state index in [-0.39, 0.29) is 5.82 Å². The third-order valence-electron chi connectivity index (χ3n) is 5.07. The summed E-state index contributed by atoms with van der Waals surface area (Å²) in [5.74, 6) is -0.0131. The number of allylic oxidation sites excluding steroid dienone is 1. The second kappa shape index (κ2) is 8.31. The third kappa shape index (κ3) is 3.85. The van der Waals surface area contributed by atoms with E-state index in [9.17, 15) is 4.39 Å². The number of hydrogen-bond donors (Lipinski definition) is 2. The SMILES string of the molecule is CN=CC(=CN)c1cc(-c2ccc3ncnc(C)c3c2)c(-c2ccc(F)cc2)nc1N. The van der Waals surface area contributed by atoms with Crippen molar-refractivity contribution >= 4 is 28.5 Å². The van der Waals surface area contributed by atoms with Crippen molar-refractivity contribution in [3.8, 4) is 22.4 Å². The zero-order valence-electron chi connectivity index (χ0n) is 17.2. The lowest BCUT2D eigenvalue weighted by Crippen LogP contribution is -2.03. The zero-order valence-corrected chi connectivity index (χ0v) is 17.2. The first kappa shape index (κ1) is 20.2. The molecule has 154 valence electrons. The number of aliphatic imine (C=N–C) groups is 1. The highest BCUT2D eigenvalue weighted by Gasteiger charge is 2.16. The van der Waals surface area contributed by atoms with Gasteiger partial charge in [0.05, 0.1) is 11.2 Å². The summed E-state index contributed by atoms with van der Waals surface area (Å²) in [6.07, 6.45) is 4.62. The molecule has 0 radical (unpaired) electrons. The molecule has 0 aliphatic carbocycles. The minimum Gasteiger partial charge on any atom is -0.404 e. The van der Waals surface area contributed by atoms with E-state index in [0.717, 1.165) is 33.3 Å². The van der Waals surface area contributed by atoms with Gasteiger partial charge in [-0.25, -0.2) is 19.3 Å². The summed E-state index contributed by atoms with van der Waals surface area (Å²) in [5, 5.41) is 0.938. The molecule has 2 aromatic carbocycles. The van der Waals surface area contributed by atoms with Crippen LogP contribution in [0.15, 0.2) is 66.1 Å². The summed E-state index contributed by atoms with van der Waals surface area (Å²) >= 11 is 0. The van der Waals surface area contributed by atoms with Gasteiger partial charge in [-0.05, 0) is 55.0 Å². The van der Waals surface area contributed by atoms with Crippen LogP contribution in [0.4, 0.5) is 10.2 Å². The van der Waals surface area contributed by atoms with Crippen molar-refractivity contribution in [3.05, 3.63) is 78.1 Å². The van der Waals surface area contributed by atoms with Gasteiger partial charge in [0.25, 0.3) is 0 Å². The summed E-state index contributed by atoms with van der Waals surface area (Å²) < 4.78 is 13.5. The maximum atomic E-state index is 13.5. The molecule has 0 atom stereocenters. The molecule has 4 N–H and O–H groups in total. The largest absolute Gasteiger partial charge is 0.404 e. The maximum absolute atomic E-state index is 13.5. The Morgan fingerprint density at radius 2 is 1.77 bits per heavy atom. The molecule has 4 aromatic rings. The zero-order chi connectivity index (χ0) is 22.0. The second-order valence-corrected chi connectivity index (χ2v) is 7.02. The first-order chi connectivity index (χ1) is 15.0. The fourth-order valence-corrected chi connectivity index (χ4v) is 3.50. The van der Waals surface area contributed by atoms with Gasteiger partial charge in [0.2, 0.25) is 0 Å². The maximum Gasteiger partial charge on any atom is 0.132 e. The molecule has 0 spiro atoms. The fraction of sp³-hybridized carbons (Fsp3) is 0.0833. The van der Waals surface area contributed by atoms with Crippen LogP contribution < -0.4 is 11.5 Å². The van der Waals surface area contributed by atoms with Crippen molar-refractivity contribution in [1.29, 1.82) is 0 Å². The summed E-state index contributed by atoms with van der Waals surface area (Å²) in [5.41, 5.74) is 18.3. The van der Waals surface area contributed by atoms with Gasteiger partial charge in [-0.2, -0.15) is 0 Å². The Kier molecular flexibility index (Phi) is 5.41. The van der Waals surface area contributed by atoms with Crippen LogP contribution in [0.25, 0.3) is 38.9 Å². The van der Waals surface area contributed by atoms with Crippen LogP contribution in [-0.2, 0) is 0 Å². The number of benzene rings is 2. The number of fused-ring (bicyclic) bond motifs is 1. The molecule has 31 heavy (non-hydrogen) atoms. The number of halogens is 1. The van der Waals surface area contributed by atoms with Crippen LogP contribution >= 0.6 is 0 Å². The number of hydrogen-bond acceptors (Lipinski definition) is 6. The van der Waals surface area contributed by atoms with E-state index in [4.69, 9.17) is 11.5 Å². The van der Waals surface area contributed by atoms with Crippen molar-refractivity contribution < 1.29 is 4.39 Å². The topological polar surface area (TPSA) is 103 Å². The van der Waals surface area contributed by atoms with Crippen LogP contribution in [0.1, 0.15) is 11.3 Å². The highest BCUT2D eigenvalue weighted by Crippen LogP contribution is 2.36. The molecule has 4 rings (SSSR count). The number of aryl methyl sites for hydroxylation is 1. The molecule has 2 aromatic heterocycles. The summed E-state index contributed by atoms with van der Waals surface area (Å²) in [7, 11) is 1.66. The van der Waals surface area contributed by atoms with E-state index in [1.54, 1.807) is 31.7 Å². The van der Waals surface area contributed by atoms with Gasteiger partial charge in [-0.1, -0.05) is 6.07 Å². The van der Waals surface area contributed by atoms with Crippen LogP contribution in [0.5, 0.6) is 0 Å². The molecule has 0 amide bonds. The number of nitrogens with two attached hydrogens (primary N) is 2. The fourth-order valence-electron chi connectivity index (χ4n) is 3.50. The van der Waals surface area contributed by atoms with E-state index in [1.807, 2.05) is 31.2 Å². The molecule has 2 heterocycles. The van der Waals surface area contributed by atoms with Gasteiger partial charge in [-0.15, -0.1) is 0 Å². The van der Waals surface area contributed by atoms with Crippen LogP contribution in [0, 0.1) is 12.7 Å². The molecule has 0 fully saturated rings.